The molecule has 0 aliphatic carbocycles. The van der Waals surface area contributed by atoms with Crippen molar-refractivity contribution in [1.82, 2.24) is 19.1 Å². The fourth-order valence-corrected chi connectivity index (χ4v) is 9.73. The summed E-state index contributed by atoms with van der Waals surface area (Å²) in [6.45, 7) is 0. The van der Waals surface area contributed by atoms with E-state index in [1.165, 1.54) is 22.8 Å². The average molecular weight is 895 g/mol. The van der Waals surface area contributed by atoms with Gasteiger partial charge in [-0.1, -0.05) is 140 Å². The minimum Gasteiger partial charge on any atom is -0.309 e. The number of hydrogen-bond acceptors (Lipinski definition) is 2. The summed E-state index contributed by atoms with van der Waals surface area (Å²) in [5.41, 5.74) is 5.12. The van der Waals surface area contributed by atoms with Crippen molar-refractivity contribution in [2.75, 3.05) is 0 Å². The van der Waals surface area contributed by atoms with Gasteiger partial charge >= 0.3 is 6.18 Å². The predicted molar refractivity (Wildman–Crippen MR) is 263 cm³/mol. The van der Waals surface area contributed by atoms with Gasteiger partial charge in [-0.05, 0) is 72.8 Å². The lowest BCUT2D eigenvalue weighted by atomic mass is 9.96. The summed E-state index contributed by atoms with van der Waals surface area (Å²) in [6.07, 6.45) is -5.08. The van der Waals surface area contributed by atoms with Gasteiger partial charge in [0.1, 0.15) is 17.2 Å². The Kier molecular flexibility index (Phi) is 9.62. The molecule has 4 heterocycles. The van der Waals surface area contributed by atoms with E-state index in [1.54, 1.807) is 28.8 Å². The molecule has 326 valence electrons. The second-order valence-electron chi connectivity index (χ2n) is 16.7. The van der Waals surface area contributed by atoms with Gasteiger partial charge in [0, 0.05) is 49.4 Å². The summed E-state index contributed by atoms with van der Waals surface area (Å²) in [6, 6.07) is 62.6. The first-order valence-electron chi connectivity index (χ1n) is 22.0. The molecule has 0 atom stereocenters. The molecule has 68 heavy (non-hydrogen) atoms. The second-order valence-corrected chi connectivity index (χ2v) is 16.7. The zero-order valence-corrected chi connectivity index (χ0v) is 35.9. The van der Waals surface area contributed by atoms with Crippen LogP contribution in [0.15, 0.2) is 212 Å². The lowest BCUT2D eigenvalue weighted by Crippen LogP contribution is -2.17. The number of halogens is 5. The van der Waals surface area contributed by atoms with Gasteiger partial charge in [0.15, 0.2) is 0 Å². The van der Waals surface area contributed by atoms with E-state index in [2.05, 4.69) is 0 Å². The third-order valence-corrected chi connectivity index (χ3v) is 12.7. The summed E-state index contributed by atoms with van der Waals surface area (Å²) in [5, 5.41) is 2.75. The highest BCUT2D eigenvalue weighted by Gasteiger charge is 2.41. The third kappa shape index (κ3) is 6.73. The van der Waals surface area contributed by atoms with Crippen molar-refractivity contribution in [2.24, 2.45) is 0 Å². The number of nitrogens with zero attached hydrogens (tertiary/aromatic N) is 4. The van der Waals surface area contributed by atoms with Gasteiger partial charge in [0.05, 0.1) is 61.8 Å². The Morgan fingerprint density at radius 1 is 0.353 bits per heavy atom. The van der Waals surface area contributed by atoms with Gasteiger partial charge in [0.2, 0.25) is 0 Å². The van der Waals surface area contributed by atoms with E-state index in [0.717, 1.165) is 40.0 Å². The van der Waals surface area contributed by atoms with Crippen LogP contribution in [0.5, 0.6) is 0 Å². The Hall–Kier alpha value is -8.69. The highest BCUT2D eigenvalue weighted by molar-refractivity contribution is 6.12. The molecular weight excluding hydrogens is 860 g/mol. The van der Waals surface area contributed by atoms with Crippen molar-refractivity contribution in [1.29, 1.82) is 0 Å². The van der Waals surface area contributed by atoms with Crippen LogP contribution in [-0.2, 0) is 6.18 Å². The molecule has 9 heteroatoms. The summed E-state index contributed by atoms with van der Waals surface area (Å²) < 4.78 is 86.2. The summed E-state index contributed by atoms with van der Waals surface area (Å²) in [7, 11) is 0. The van der Waals surface area contributed by atoms with Crippen molar-refractivity contribution in [2.45, 2.75) is 6.18 Å². The van der Waals surface area contributed by atoms with E-state index in [0.29, 0.717) is 60.7 Å². The minimum atomic E-state index is -5.08. The van der Waals surface area contributed by atoms with Gasteiger partial charge in [-0.2, -0.15) is 13.2 Å². The second kappa shape index (κ2) is 16.0. The molecule has 0 saturated carbocycles. The van der Waals surface area contributed by atoms with Crippen molar-refractivity contribution >= 4 is 43.6 Å². The number of rotatable bonds is 7. The Morgan fingerprint density at radius 2 is 0.779 bits per heavy atom. The molecule has 0 fully saturated rings. The normalized spacial score (nSPS) is 11.9. The molecule has 0 saturated heterocycles. The Balaban J connectivity index is 1.18. The number of hydrogen-bond donors (Lipinski definition) is 0. The fourth-order valence-electron chi connectivity index (χ4n) is 9.73. The molecule has 0 radical (unpaired) electrons. The molecule has 0 amide bonds. The maximum absolute atomic E-state index is 16.9. The van der Waals surface area contributed by atoms with Crippen molar-refractivity contribution in [3.63, 3.8) is 0 Å². The zero-order valence-electron chi connectivity index (χ0n) is 35.9. The number of fused-ring (bicyclic) bond motifs is 6. The number of aromatic nitrogens is 4. The molecule has 0 aliphatic heterocycles. The fraction of sp³-hybridized carbons (Fsp3) is 0.0169. The van der Waals surface area contributed by atoms with Gasteiger partial charge in [-0.15, -0.1) is 0 Å². The summed E-state index contributed by atoms with van der Waals surface area (Å²) >= 11 is 0. The zero-order chi connectivity index (χ0) is 46.1. The van der Waals surface area contributed by atoms with E-state index in [4.69, 9.17) is 9.97 Å². The van der Waals surface area contributed by atoms with Crippen LogP contribution in [0.4, 0.5) is 22.0 Å². The predicted octanol–water partition coefficient (Wildman–Crippen LogP) is 16.3. The number of para-hydroxylation sites is 2. The lowest BCUT2D eigenvalue weighted by molar-refractivity contribution is -0.137. The van der Waals surface area contributed by atoms with Crippen LogP contribution in [0.2, 0.25) is 0 Å². The molecule has 0 bridgehead atoms. The number of pyridine rings is 2. The largest absolute Gasteiger partial charge is 0.420 e. The maximum Gasteiger partial charge on any atom is 0.420 e. The molecule has 0 N–H and O–H groups in total. The summed E-state index contributed by atoms with van der Waals surface area (Å²) in [5.74, 6) is -2.00. The monoisotopic (exact) mass is 894 g/mol. The van der Waals surface area contributed by atoms with Crippen molar-refractivity contribution in [3.05, 3.63) is 230 Å². The SMILES string of the molecule is Fc1cccc(F)c1-c1ccc(-n2c3ccccc3c3ccc(-c4cccc(-c5ccccc5)n4)cc32)c(C(F)(F)F)c1-n1c2ccccc2c2ccc(-c3cccc(-c4ccccc4)n3)cc21. The van der Waals surface area contributed by atoms with Crippen LogP contribution in [-0.4, -0.2) is 19.1 Å². The molecule has 0 spiro atoms. The van der Waals surface area contributed by atoms with E-state index >= 15 is 22.0 Å². The van der Waals surface area contributed by atoms with Gasteiger partial charge in [-0.25, -0.2) is 18.7 Å². The van der Waals surface area contributed by atoms with E-state index in [-0.39, 0.29) is 11.3 Å². The highest BCUT2D eigenvalue weighted by Crippen LogP contribution is 2.49. The Labute approximate surface area is 386 Å². The van der Waals surface area contributed by atoms with Crippen LogP contribution < -0.4 is 0 Å². The standard InChI is InChI=1S/C59H35F5N4/c60-45-20-11-21-46(61)56(45)44-32-33-53(67-51-26-9-7-18-40(51)42-30-28-38(34-54(42)67)49-24-12-22-47(65-49)36-14-3-1-4-15-36)57(59(62,63)64)58(44)68-52-27-10-8-19-41(52)43-31-29-39(35-55(43)68)50-25-13-23-48(66-50)37-16-5-2-6-17-37/h1-35H. The topological polar surface area (TPSA) is 35.6 Å². The smallest absolute Gasteiger partial charge is 0.309 e. The molecule has 12 aromatic rings. The lowest BCUT2D eigenvalue weighted by Gasteiger charge is -2.25. The van der Waals surface area contributed by atoms with Crippen LogP contribution in [0.25, 0.3) is 111 Å². The van der Waals surface area contributed by atoms with E-state index in [9.17, 15) is 0 Å². The van der Waals surface area contributed by atoms with Crippen molar-refractivity contribution in [3.8, 4) is 67.5 Å². The molecule has 0 aliphatic rings. The van der Waals surface area contributed by atoms with E-state index in [1.807, 2.05) is 158 Å². The Morgan fingerprint density at radius 3 is 1.29 bits per heavy atom. The Bertz CT molecular complexity index is 3910. The van der Waals surface area contributed by atoms with Crippen molar-refractivity contribution < 1.29 is 22.0 Å². The molecule has 12 rings (SSSR count). The third-order valence-electron chi connectivity index (χ3n) is 12.7. The quantitative estimate of drug-likeness (QED) is 0.149. The molecule has 4 nitrogen and oxygen atoms in total. The van der Waals surface area contributed by atoms with Crippen LogP contribution >= 0.6 is 0 Å². The highest BCUT2D eigenvalue weighted by atomic mass is 19.4. The van der Waals surface area contributed by atoms with Crippen LogP contribution in [0.1, 0.15) is 5.56 Å². The number of alkyl halides is 3. The average Bonchev–Trinajstić information content (AvgIpc) is 3.88. The van der Waals surface area contributed by atoms with Crippen LogP contribution in [0, 0.1) is 11.6 Å². The van der Waals surface area contributed by atoms with Gasteiger partial charge in [-0.3, -0.25) is 0 Å². The molecule has 0 unspecified atom stereocenters. The van der Waals surface area contributed by atoms with E-state index < -0.39 is 34.6 Å². The minimum absolute atomic E-state index is 0.221. The van der Waals surface area contributed by atoms with Gasteiger partial charge < -0.3 is 9.13 Å². The first-order valence-corrected chi connectivity index (χ1v) is 22.0. The first-order chi connectivity index (χ1) is 33.2. The first kappa shape index (κ1) is 40.8. The maximum atomic E-state index is 16.9. The van der Waals surface area contributed by atoms with Gasteiger partial charge in [0.25, 0.3) is 0 Å². The number of benzene rings is 8. The summed E-state index contributed by atoms with van der Waals surface area (Å²) in [4.78, 5) is 9.96. The molecule has 8 aromatic carbocycles. The van der Waals surface area contributed by atoms with Crippen LogP contribution in [0.3, 0.4) is 0 Å². The molecule has 4 aromatic heterocycles. The molecular formula is C59H35F5N4.